The Kier molecular flexibility index (Phi) is 5.62. The average molecular weight is 226 g/mol. The number of hydrogen-bond acceptors (Lipinski definition) is 4. The van der Waals surface area contributed by atoms with Crippen LogP contribution in [0.15, 0.2) is 0 Å². The lowest BCUT2D eigenvalue weighted by Gasteiger charge is -2.10. The van der Waals surface area contributed by atoms with Crippen LogP contribution in [-0.4, -0.2) is 36.6 Å². The minimum absolute atomic E-state index is 0.103. The lowest BCUT2D eigenvalue weighted by molar-refractivity contribution is -0.139. The van der Waals surface area contributed by atoms with Gasteiger partial charge in [0, 0.05) is 0 Å². The van der Waals surface area contributed by atoms with Crippen molar-refractivity contribution in [3.05, 3.63) is 0 Å². The smallest absolute Gasteiger partial charge is 0.334 e. The molecule has 7 nitrogen and oxygen atoms in total. The SMILES string of the molecule is NCCCC[C@H](NS(=O)(=O)O)C(=O)O. The number of carboxylic acids is 1. The van der Waals surface area contributed by atoms with E-state index in [-0.39, 0.29) is 6.42 Å². The molecule has 0 aliphatic heterocycles. The highest BCUT2D eigenvalue weighted by Gasteiger charge is 2.21. The summed E-state index contributed by atoms with van der Waals surface area (Å²) in [5.74, 6) is -1.32. The molecule has 0 fully saturated rings. The van der Waals surface area contributed by atoms with E-state index in [0.29, 0.717) is 19.4 Å². The molecule has 0 aliphatic rings. The number of rotatable bonds is 7. The third kappa shape index (κ3) is 6.78. The van der Waals surface area contributed by atoms with Gasteiger partial charge >= 0.3 is 16.3 Å². The summed E-state index contributed by atoms with van der Waals surface area (Å²) in [6, 6.07) is -1.29. The molecule has 0 rings (SSSR count). The molecule has 14 heavy (non-hydrogen) atoms. The molecule has 0 heterocycles. The quantitative estimate of drug-likeness (QED) is 0.324. The van der Waals surface area contributed by atoms with Crippen LogP contribution in [0.1, 0.15) is 19.3 Å². The van der Waals surface area contributed by atoms with Gasteiger partial charge in [-0.1, -0.05) is 6.42 Å². The number of unbranched alkanes of at least 4 members (excludes halogenated alkanes) is 1. The average Bonchev–Trinajstić information content (AvgIpc) is 2.00. The van der Waals surface area contributed by atoms with Crippen molar-refractivity contribution in [2.24, 2.45) is 5.73 Å². The first-order chi connectivity index (χ1) is 6.37. The van der Waals surface area contributed by atoms with Crippen molar-refractivity contribution in [2.75, 3.05) is 6.54 Å². The van der Waals surface area contributed by atoms with Crippen molar-refractivity contribution in [2.45, 2.75) is 25.3 Å². The van der Waals surface area contributed by atoms with Crippen LogP contribution in [0.3, 0.4) is 0 Å². The molecular formula is C6H14N2O5S. The Bertz CT molecular complexity index is 276. The van der Waals surface area contributed by atoms with Crippen LogP contribution >= 0.6 is 0 Å². The molecule has 0 saturated heterocycles. The van der Waals surface area contributed by atoms with E-state index in [1.807, 2.05) is 0 Å². The standard InChI is InChI=1S/C6H14N2O5S/c7-4-2-1-3-5(6(9)10)8-14(11,12)13/h5,8H,1-4,7H2,(H,9,10)(H,11,12,13)/t5-/m0/s1. The van der Waals surface area contributed by atoms with Gasteiger partial charge in [0.25, 0.3) is 0 Å². The molecule has 0 aromatic rings. The second kappa shape index (κ2) is 5.91. The van der Waals surface area contributed by atoms with Gasteiger partial charge in [-0.05, 0) is 19.4 Å². The van der Waals surface area contributed by atoms with E-state index in [1.54, 1.807) is 4.72 Å². The summed E-state index contributed by atoms with van der Waals surface area (Å²) in [5.41, 5.74) is 5.18. The van der Waals surface area contributed by atoms with Crippen LogP contribution in [0.2, 0.25) is 0 Å². The normalized spacial score (nSPS) is 13.9. The number of carboxylic acid groups (broad SMARTS) is 1. The maximum absolute atomic E-state index is 10.5. The third-order valence-corrected chi connectivity index (χ3v) is 2.12. The molecule has 1 atom stereocenters. The third-order valence-electron chi connectivity index (χ3n) is 1.54. The summed E-state index contributed by atoms with van der Waals surface area (Å²) >= 11 is 0. The lowest BCUT2D eigenvalue weighted by atomic mass is 10.1. The maximum atomic E-state index is 10.5. The predicted molar refractivity (Wildman–Crippen MR) is 49.0 cm³/mol. The molecule has 5 N–H and O–H groups in total. The van der Waals surface area contributed by atoms with Gasteiger partial charge in [0.1, 0.15) is 6.04 Å². The van der Waals surface area contributed by atoms with Crippen LogP contribution < -0.4 is 10.5 Å². The molecule has 0 radical (unpaired) electrons. The number of aliphatic carboxylic acids is 1. The van der Waals surface area contributed by atoms with Crippen molar-refractivity contribution >= 4 is 16.3 Å². The molecule has 0 saturated carbocycles. The highest BCUT2D eigenvalue weighted by atomic mass is 32.2. The van der Waals surface area contributed by atoms with Gasteiger partial charge in [-0.3, -0.25) is 9.35 Å². The van der Waals surface area contributed by atoms with Crippen LogP contribution in [0.4, 0.5) is 0 Å². The predicted octanol–water partition coefficient (Wildman–Crippen LogP) is -1.04. The van der Waals surface area contributed by atoms with E-state index in [0.717, 1.165) is 0 Å². The fourth-order valence-electron chi connectivity index (χ4n) is 0.905. The number of hydrogen-bond donors (Lipinski definition) is 4. The zero-order valence-corrected chi connectivity index (χ0v) is 8.33. The van der Waals surface area contributed by atoms with Gasteiger partial charge in [0.05, 0.1) is 0 Å². The summed E-state index contributed by atoms with van der Waals surface area (Å²) in [7, 11) is -4.47. The number of carbonyl (C=O) groups is 1. The Balaban J connectivity index is 4.11. The van der Waals surface area contributed by atoms with Gasteiger partial charge in [-0.2, -0.15) is 13.1 Å². The Morgan fingerprint density at radius 3 is 2.36 bits per heavy atom. The fourth-order valence-corrected chi connectivity index (χ4v) is 1.48. The molecule has 0 unspecified atom stereocenters. The summed E-state index contributed by atoms with van der Waals surface area (Å²) in [4.78, 5) is 10.5. The second-order valence-electron chi connectivity index (χ2n) is 2.77. The van der Waals surface area contributed by atoms with E-state index in [1.165, 1.54) is 0 Å². The summed E-state index contributed by atoms with van der Waals surface area (Å²) < 4.78 is 30.6. The van der Waals surface area contributed by atoms with Crippen molar-refractivity contribution in [1.82, 2.24) is 4.72 Å². The molecule has 0 spiro atoms. The summed E-state index contributed by atoms with van der Waals surface area (Å²) in [6.45, 7) is 0.415. The Hall–Kier alpha value is -0.700. The minimum Gasteiger partial charge on any atom is -0.480 e. The summed E-state index contributed by atoms with van der Waals surface area (Å²) in [6.07, 6.45) is 1.19. The zero-order chi connectivity index (χ0) is 11.2. The van der Waals surface area contributed by atoms with Crippen LogP contribution in [0, 0.1) is 0 Å². The Morgan fingerprint density at radius 1 is 1.43 bits per heavy atom. The molecule has 0 bridgehead atoms. The van der Waals surface area contributed by atoms with E-state index in [9.17, 15) is 13.2 Å². The largest absolute Gasteiger partial charge is 0.480 e. The first kappa shape index (κ1) is 13.3. The van der Waals surface area contributed by atoms with Crippen molar-refractivity contribution in [1.29, 1.82) is 0 Å². The van der Waals surface area contributed by atoms with E-state index in [4.69, 9.17) is 15.4 Å². The lowest BCUT2D eigenvalue weighted by Crippen LogP contribution is -2.40. The monoisotopic (exact) mass is 226 g/mol. The van der Waals surface area contributed by atoms with Crippen LogP contribution in [0.5, 0.6) is 0 Å². The Labute approximate surface area is 82.2 Å². The first-order valence-corrected chi connectivity index (χ1v) is 5.48. The second-order valence-corrected chi connectivity index (χ2v) is 3.95. The van der Waals surface area contributed by atoms with Crippen molar-refractivity contribution in [3.8, 4) is 0 Å². The summed E-state index contributed by atoms with van der Waals surface area (Å²) in [5, 5.41) is 8.57. The first-order valence-electron chi connectivity index (χ1n) is 4.04. The van der Waals surface area contributed by atoms with Gasteiger partial charge in [-0.25, -0.2) is 0 Å². The maximum Gasteiger partial charge on any atom is 0.334 e. The topological polar surface area (TPSA) is 130 Å². The van der Waals surface area contributed by atoms with Gasteiger partial charge < -0.3 is 10.8 Å². The van der Waals surface area contributed by atoms with Gasteiger partial charge in [0.15, 0.2) is 0 Å². The number of nitrogens with one attached hydrogen (secondary N) is 1. The van der Waals surface area contributed by atoms with Crippen molar-refractivity contribution < 1.29 is 22.9 Å². The number of nitrogens with two attached hydrogens (primary N) is 1. The zero-order valence-electron chi connectivity index (χ0n) is 7.51. The molecule has 0 aliphatic carbocycles. The fraction of sp³-hybridized carbons (Fsp3) is 0.833. The van der Waals surface area contributed by atoms with Crippen LogP contribution in [-0.2, 0) is 15.1 Å². The minimum atomic E-state index is -4.47. The Morgan fingerprint density at radius 2 is 2.00 bits per heavy atom. The van der Waals surface area contributed by atoms with Crippen LogP contribution in [0.25, 0.3) is 0 Å². The molecule has 0 aromatic heterocycles. The molecule has 84 valence electrons. The van der Waals surface area contributed by atoms with Gasteiger partial charge in [0.2, 0.25) is 0 Å². The van der Waals surface area contributed by atoms with E-state index < -0.39 is 22.3 Å². The highest BCUT2D eigenvalue weighted by molar-refractivity contribution is 7.83. The van der Waals surface area contributed by atoms with Gasteiger partial charge in [-0.15, -0.1) is 0 Å². The highest BCUT2D eigenvalue weighted by Crippen LogP contribution is 2.01. The molecule has 0 amide bonds. The van der Waals surface area contributed by atoms with Crippen molar-refractivity contribution in [3.63, 3.8) is 0 Å². The molecular weight excluding hydrogens is 212 g/mol. The molecule has 0 aromatic carbocycles. The molecule has 8 heteroatoms. The van der Waals surface area contributed by atoms with E-state index >= 15 is 0 Å². The van der Waals surface area contributed by atoms with E-state index in [2.05, 4.69) is 0 Å².